The molecule has 0 amide bonds. The van der Waals surface area contributed by atoms with Gasteiger partial charge in [-0.3, -0.25) is 0 Å². The van der Waals surface area contributed by atoms with Gasteiger partial charge in [-0.15, -0.1) is 0 Å². The minimum Gasteiger partial charge on any atom is -0.314 e. The standard InChI is InChI=1S/C12H14ClF2N/c13-8-5-11(14)10(12(15)6-8)7-9-3-1-2-4-16-9/h5-6,9,16H,1-4,7H2. The molecule has 1 aromatic rings. The van der Waals surface area contributed by atoms with Gasteiger partial charge in [-0.1, -0.05) is 18.0 Å². The Morgan fingerprint density at radius 3 is 2.50 bits per heavy atom. The molecule has 0 spiro atoms. The Morgan fingerprint density at radius 2 is 1.94 bits per heavy atom. The maximum absolute atomic E-state index is 13.5. The summed E-state index contributed by atoms with van der Waals surface area (Å²) in [5.41, 5.74) is 0.142. The van der Waals surface area contributed by atoms with Gasteiger partial charge in [0, 0.05) is 16.6 Å². The molecule has 0 aromatic heterocycles. The van der Waals surface area contributed by atoms with Crippen molar-refractivity contribution in [2.24, 2.45) is 0 Å². The van der Waals surface area contributed by atoms with Crippen LogP contribution in [0.25, 0.3) is 0 Å². The molecule has 2 rings (SSSR count). The molecule has 16 heavy (non-hydrogen) atoms. The molecule has 4 heteroatoms. The maximum Gasteiger partial charge on any atom is 0.130 e. The molecule has 1 fully saturated rings. The van der Waals surface area contributed by atoms with E-state index in [0.29, 0.717) is 6.42 Å². The van der Waals surface area contributed by atoms with Crippen LogP contribution in [0, 0.1) is 11.6 Å². The Labute approximate surface area is 98.8 Å². The van der Waals surface area contributed by atoms with Gasteiger partial charge in [0.05, 0.1) is 0 Å². The molecule has 1 nitrogen and oxygen atoms in total. The van der Waals surface area contributed by atoms with Gasteiger partial charge in [0.15, 0.2) is 0 Å². The second-order valence-electron chi connectivity index (χ2n) is 4.20. The number of hydrogen-bond donors (Lipinski definition) is 1. The Morgan fingerprint density at radius 1 is 1.25 bits per heavy atom. The van der Waals surface area contributed by atoms with Crippen LogP contribution in [-0.2, 0) is 6.42 Å². The Bertz CT molecular complexity index is 352. The van der Waals surface area contributed by atoms with Crippen LogP contribution in [0.15, 0.2) is 12.1 Å². The van der Waals surface area contributed by atoms with Crippen molar-refractivity contribution in [2.75, 3.05) is 6.54 Å². The predicted molar refractivity (Wildman–Crippen MR) is 60.7 cm³/mol. The van der Waals surface area contributed by atoms with E-state index in [1.807, 2.05) is 0 Å². The smallest absolute Gasteiger partial charge is 0.130 e. The van der Waals surface area contributed by atoms with Gasteiger partial charge in [0.2, 0.25) is 0 Å². The van der Waals surface area contributed by atoms with Crippen LogP contribution >= 0.6 is 11.6 Å². The lowest BCUT2D eigenvalue weighted by atomic mass is 9.97. The van der Waals surface area contributed by atoms with Crippen LogP contribution in [0.5, 0.6) is 0 Å². The molecular formula is C12H14ClF2N. The van der Waals surface area contributed by atoms with E-state index in [-0.39, 0.29) is 16.6 Å². The molecule has 1 unspecified atom stereocenters. The highest BCUT2D eigenvalue weighted by atomic mass is 35.5. The van der Waals surface area contributed by atoms with Gasteiger partial charge in [0.25, 0.3) is 0 Å². The lowest BCUT2D eigenvalue weighted by Gasteiger charge is -2.23. The van der Waals surface area contributed by atoms with Gasteiger partial charge in [0.1, 0.15) is 11.6 Å². The molecule has 1 heterocycles. The first-order chi connectivity index (χ1) is 7.66. The molecule has 0 saturated carbocycles. The Hall–Kier alpha value is -0.670. The fraction of sp³-hybridized carbons (Fsp3) is 0.500. The van der Waals surface area contributed by atoms with Crippen LogP contribution < -0.4 is 5.32 Å². The van der Waals surface area contributed by atoms with E-state index in [2.05, 4.69) is 5.32 Å². The summed E-state index contributed by atoms with van der Waals surface area (Å²) in [7, 11) is 0. The first-order valence-electron chi connectivity index (χ1n) is 5.53. The molecule has 1 aliphatic heterocycles. The molecule has 1 atom stereocenters. The summed E-state index contributed by atoms with van der Waals surface area (Å²) < 4.78 is 27.0. The second kappa shape index (κ2) is 5.11. The summed E-state index contributed by atoms with van der Waals surface area (Å²) >= 11 is 5.57. The van der Waals surface area contributed by atoms with E-state index >= 15 is 0 Å². The Kier molecular flexibility index (Phi) is 3.77. The van der Waals surface area contributed by atoms with Gasteiger partial charge in [-0.25, -0.2) is 8.78 Å². The molecular weight excluding hydrogens is 232 g/mol. The third-order valence-corrected chi connectivity index (χ3v) is 3.19. The van der Waals surface area contributed by atoms with E-state index in [4.69, 9.17) is 11.6 Å². The molecule has 1 aromatic carbocycles. The third kappa shape index (κ3) is 2.71. The largest absolute Gasteiger partial charge is 0.314 e. The van der Waals surface area contributed by atoms with E-state index in [1.54, 1.807) is 0 Å². The highest BCUT2D eigenvalue weighted by molar-refractivity contribution is 6.30. The lowest BCUT2D eigenvalue weighted by molar-refractivity contribution is 0.389. The van der Waals surface area contributed by atoms with Crippen molar-refractivity contribution in [2.45, 2.75) is 31.7 Å². The van der Waals surface area contributed by atoms with Crippen molar-refractivity contribution >= 4 is 11.6 Å². The van der Waals surface area contributed by atoms with Crippen molar-refractivity contribution in [1.82, 2.24) is 5.32 Å². The third-order valence-electron chi connectivity index (χ3n) is 2.97. The highest BCUT2D eigenvalue weighted by Gasteiger charge is 2.18. The molecule has 1 N–H and O–H groups in total. The van der Waals surface area contributed by atoms with Crippen LogP contribution in [0.1, 0.15) is 24.8 Å². The zero-order valence-electron chi connectivity index (χ0n) is 8.90. The van der Waals surface area contributed by atoms with Gasteiger partial charge in [-0.2, -0.15) is 0 Å². The second-order valence-corrected chi connectivity index (χ2v) is 4.64. The van der Waals surface area contributed by atoms with Crippen LogP contribution in [0.3, 0.4) is 0 Å². The first-order valence-corrected chi connectivity index (χ1v) is 5.91. The minimum atomic E-state index is -0.544. The number of piperidine rings is 1. The molecule has 0 aliphatic carbocycles. The topological polar surface area (TPSA) is 12.0 Å². The summed E-state index contributed by atoms with van der Waals surface area (Å²) in [6.45, 7) is 0.932. The summed E-state index contributed by atoms with van der Waals surface area (Å²) in [6.07, 6.45) is 3.63. The normalized spacial score (nSPS) is 21.1. The molecule has 1 aliphatic rings. The summed E-state index contributed by atoms with van der Waals surface area (Å²) in [5.74, 6) is -1.09. The summed E-state index contributed by atoms with van der Waals surface area (Å²) in [5, 5.41) is 3.38. The van der Waals surface area contributed by atoms with Gasteiger partial charge < -0.3 is 5.32 Å². The molecule has 1 saturated heterocycles. The molecule has 0 radical (unpaired) electrons. The van der Waals surface area contributed by atoms with E-state index in [1.165, 1.54) is 12.1 Å². The van der Waals surface area contributed by atoms with Crippen molar-refractivity contribution in [3.05, 3.63) is 34.4 Å². The van der Waals surface area contributed by atoms with E-state index in [9.17, 15) is 8.78 Å². The fourth-order valence-electron chi connectivity index (χ4n) is 2.11. The average Bonchev–Trinajstić information content (AvgIpc) is 2.25. The van der Waals surface area contributed by atoms with Gasteiger partial charge >= 0.3 is 0 Å². The van der Waals surface area contributed by atoms with E-state index in [0.717, 1.165) is 25.8 Å². The van der Waals surface area contributed by atoms with Crippen LogP contribution in [0.4, 0.5) is 8.78 Å². The quantitative estimate of drug-likeness (QED) is 0.843. The molecule has 88 valence electrons. The fourth-order valence-corrected chi connectivity index (χ4v) is 2.30. The summed E-state index contributed by atoms with van der Waals surface area (Å²) in [4.78, 5) is 0. The highest BCUT2D eigenvalue weighted by Crippen LogP contribution is 2.22. The lowest BCUT2D eigenvalue weighted by Crippen LogP contribution is -2.36. The zero-order chi connectivity index (χ0) is 11.5. The predicted octanol–water partition coefficient (Wildman–Crippen LogP) is 3.30. The number of benzene rings is 1. The SMILES string of the molecule is Fc1cc(Cl)cc(F)c1CC1CCCCN1. The Balaban J connectivity index is 2.14. The first kappa shape index (κ1) is 11.8. The monoisotopic (exact) mass is 245 g/mol. The number of halogens is 3. The summed E-state index contributed by atoms with van der Waals surface area (Å²) in [6, 6.07) is 2.52. The van der Waals surface area contributed by atoms with E-state index < -0.39 is 11.6 Å². The number of rotatable bonds is 2. The van der Waals surface area contributed by atoms with Crippen molar-refractivity contribution in [3.8, 4) is 0 Å². The van der Waals surface area contributed by atoms with Crippen molar-refractivity contribution in [1.29, 1.82) is 0 Å². The number of nitrogens with one attached hydrogen (secondary N) is 1. The van der Waals surface area contributed by atoms with Crippen LogP contribution in [-0.4, -0.2) is 12.6 Å². The molecule has 0 bridgehead atoms. The average molecular weight is 246 g/mol. The van der Waals surface area contributed by atoms with Gasteiger partial charge in [-0.05, 0) is 37.9 Å². The zero-order valence-corrected chi connectivity index (χ0v) is 9.66. The number of hydrogen-bond acceptors (Lipinski definition) is 1. The van der Waals surface area contributed by atoms with Crippen molar-refractivity contribution in [3.63, 3.8) is 0 Å². The van der Waals surface area contributed by atoms with Crippen molar-refractivity contribution < 1.29 is 8.78 Å². The minimum absolute atomic E-state index is 0.107. The maximum atomic E-state index is 13.5. The van der Waals surface area contributed by atoms with Crippen LogP contribution in [0.2, 0.25) is 5.02 Å².